The molecule has 0 saturated carbocycles. The van der Waals surface area contributed by atoms with Crippen molar-refractivity contribution in [2.45, 2.75) is 13.1 Å². The maximum absolute atomic E-state index is 13.1. The van der Waals surface area contributed by atoms with Crippen LogP contribution in [0.5, 0.6) is 0 Å². The third-order valence-corrected chi connectivity index (χ3v) is 3.22. The highest BCUT2D eigenvalue weighted by Crippen LogP contribution is 2.28. The molecule has 0 radical (unpaired) electrons. The number of likely N-dealkylation sites (tertiary alicyclic amines) is 1. The van der Waals surface area contributed by atoms with Gasteiger partial charge >= 0.3 is 0 Å². The Hall–Kier alpha value is -1.91. The minimum Gasteiger partial charge on any atom is -0.451 e. The Bertz CT molecular complexity index is 629. The van der Waals surface area contributed by atoms with Gasteiger partial charge in [-0.3, -0.25) is 4.79 Å². The molecule has 0 atom stereocenters. The van der Waals surface area contributed by atoms with Gasteiger partial charge in [-0.05, 0) is 25.1 Å². The topological polar surface area (TPSA) is 33.5 Å². The fraction of sp³-hybridized carbons (Fsp3) is 0.308. The molecule has 5 heteroatoms. The summed E-state index contributed by atoms with van der Waals surface area (Å²) in [5, 5.41) is 0.579. The number of rotatable bonds is 1. The van der Waals surface area contributed by atoms with Crippen LogP contribution in [0.4, 0.5) is 8.78 Å². The molecule has 2 heterocycles. The molecule has 18 heavy (non-hydrogen) atoms. The lowest BCUT2D eigenvalue weighted by atomic mass is 10.1. The molecule has 1 saturated heterocycles. The Labute approximate surface area is 102 Å². The number of amides is 1. The molecule has 0 spiro atoms. The van der Waals surface area contributed by atoms with Gasteiger partial charge in [0.05, 0.1) is 13.1 Å². The molecule has 0 unspecified atom stereocenters. The first-order chi connectivity index (χ1) is 8.56. The van der Waals surface area contributed by atoms with Gasteiger partial charge in [0.1, 0.15) is 17.6 Å². The average molecular weight is 251 g/mol. The number of hydrogen-bond donors (Lipinski definition) is 0. The second kappa shape index (κ2) is 3.80. The number of nitrogens with zero attached hydrogens (tertiary/aromatic N) is 1. The first-order valence-corrected chi connectivity index (χ1v) is 5.68. The van der Waals surface area contributed by atoms with E-state index in [1.165, 1.54) is 23.1 Å². The summed E-state index contributed by atoms with van der Waals surface area (Å²) in [5.74, 6) is -0.543. The zero-order valence-corrected chi connectivity index (χ0v) is 9.74. The van der Waals surface area contributed by atoms with E-state index in [2.05, 4.69) is 0 Å². The predicted molar refractivity (Wildman–Crippen MR) is 61.7 cm³/mol. The molecule has 0 bridgehead atoms. The van der Waals surface area contributed by atoms with Gasteiger partial charge in [0.2, 0.25) is 0 Å². The molecule has 94 valence electrons. The summed E-state index contributed by atoms with van der Waals surface area (Å²) in [5.41, 5.74) is 1.06. The van der Waals surface area contributed by atoms with Crippen molar-refractivity contribution >= 4 is 16.9 Å². The molecule has 1 fully saturated rings. The van der Waals surface area contributed by atoms with Gasteiger partial charge in [-0.25, -0.2) is 8.78 Å². The van der Waals surface area contributed by atoms with Gasteiger partial charge in [-0.2, -0.15) is 0 Å². The number of benzene rings is 1. The van der Waals surface area contributed by atoms with E-state index in [4.69, 9.17) is 4.42 Å². The van der Waals surface area contributed by atoms with E-state index < -0.39 is 6.17 Å². The number of halogens is 2. The monoisotopic (exact) mass is 251 g/mol. The average Bonchev–Trinajstić information content (AvgIpc) is 2.62. The van der Waals surface area contributed by atoms with Crippen molar-refractivity contribution in [3.8, 4) is 0 Å². The molecule has 3 nitrogen and oxygen atoms in total. The molecule has 1 aromatic carbocycles. The van der Waals surface area contributed by atoms with Crippen molar-refractivity contribution in [2.75, 3.05) is 13.1 Å². The molecule has 3 rings (SSSR count). The van der Waals surface area contributed by atoms with Crippen molar-refractivity contribution < 1.29 is 18.0 Å². The van der Waals surface area contributed by atoms with Crippen LogP contribution < -0.4 is 0 Å². The number of hydrogen-bond acceptors (Lipinski definition) is 2. The first kappa shape index (κ1) is 11.2. The van der Waals surface area contributed by atoms with Gasteiger partial charge in [0.15, 0.2) is 5.76 Å². The second-order valence-corrected chi connectivity index (χ2v) is 4.50. The van der Waals surface area contributed by atoms with Gasteiger partial charge in [0, 0.05) is 10.9 Å². The number of carbonyl (C=O) groups excluding carboxylic acids is 1. The molecule has 1 aliphatic heterocycles. The lowest BCUT2D eigenvalue weighted by Gasteiger charge is -2.33. The summed E-state index contributed by atoms with van der Waals surface area (Å²) < 4.78 is 31.3. The highest BCUT2D eigenvalue weighted by molar-refractivity contribution is 5.99. The lowest BCUT2D eigenvalue weighted by Crippen LogP contribution is -2.51. The molecule has 0 N–H and O–H groups in total. The van der Waals surface area contributed by atoms with Crippen molar-refractivity contribution in [1.82, 2.24) is 4.90 Å². The van der Waals surface area contributed by atoms with Gasteiger partial charge < -0.3 is 9.32 Å². The van der Waals surface area contributed by atoms with Crippen LogP contribution in [0.2, 0.25) is 0 Å². The van der Waals surface area contributed by atoms with Crippen molar-refractivity contribution in [2.24, 2.45) is 0 Å². The van der Waals surface area contributed by atoms with Crippen LogP contribution in [-0.4, -0.2) is 30.1 Å². The van der Waals surface area contributed by atoms with Gasteiger partial charge in [-0.15, -0.1) is 0 Å². The lowest BCUT2D eigenvalue weighted by molar-refractivity contribution is 0.0372. The summed E-state index contributed by atoms with van der Waals surface area (Å²) in [4.78, 5) is 13.4. The van der Waals surface area contributed by atoms with E-state index in [0.717, 1.165) is 0 Å². The Kier molecular flexibility index (Phi) is 2.36. The van der Waals surface area contributed by atoms with Crippen molar-refractivity contribution in [1.29, 1.82) is 0 Å². The van der Waals surface area contributed by atoms with E-state index in [0.29, 0.717) is 16.5 Å². The van der Waals surface area contributed by atoms with Crippen LogP contribution in [0, 0.1) is 12.7 Å². The SMILES string of the molecule is Cc1c(C(=O)N2CC(F)C2)oc2ccc(F)cc12. The van der Waals surface area contributed by atoms with E-state index in [-0.39, 0.29) is 30.6 Å². The number of alkyl halides is 1. The van der Waals surface area contributed by atoms with Crippen LogP contribution in [-0.2, 0) is 0 Å². The van der Waals surface area contributed by atoms with Gasteiger partial charge in [0.25, 0.3) is 5.91 Å². The normalized spacial score (nSPS) is 16.1. The third kappa shape index (κ3) is 1.58. The van der Waals surface area contributed by atoms with E-state index in [1.807, 2.05) is 0 Å². The van der Waals surface area contributed by atoms with E-state index in [1.54, 1.807) is 6.92 Å². The number of furan rings is 1. The number of fused-ring (bicyclic) bond motifs is 1. The van der Waals surface area contributed by atoms with Crippen molar-refractivity contribution in [3.05, 3.63) is 35.3 Å². The molecule has 1 aromatic heterocycles. The molecular weight excluding hydrogens is 240 g/mol. The predicted octanol–water partition coefficient (Wildman–Crippen LogP) is 2.67. The summed E-state index contributed by atoms with van der Waals surface area (Å²) in [6, 6.07) is 4.10. The summed E-state index contributed by atoms with van der Waals surface area (Å²) in [6.07, 6.45) is -0.948. The zero-order chi connectivity index (χ0) is 12.9. The fourth-order valence-corrected chi connectivity index (χ4v) is 2.13. The van der Waals surface area contributed by atoms with Crippen LogP contribution in [0.15, 0.2) is 22.6 Å². The molecule has 1 amide bonds. The minimum atomic E-state index is -0.948. The van der Waals surface area contributed by atoms with Crippen LogP contribution >= 0.6 is 0 Å². The quantitative estimate of drug-likeness (QED) is 0.780. The number of carbonyl (C=O) groups is 1. The Morgan fingerprint density at radius 2 is 2.17 bits per heavy atom. The Morgan fingerprint density at radius 1 is 1.44 bits per heavy atom. The van der Waals surface area contributed by atoms with E-state index in [9.17, 15) is 13.6 Å². The molecule has 0 aliphatic carbocycles. The first-order valence-electron chi connectivity index (χ1n) is 5.68. The van der Waals surface area contributed by atoms with Gasteiger partial charge in [-0.1, -0.05) is 0 Å². The largest absolute Gasteiger partial charge is 0.451 e. The zero-order valence-electron chi connectivity index (χ0n) is 9.74. The second-order valence-electron chi connectivity index (χ2n) is 4.50. The highest BCUT2D eigenvalue weighted by atomic mass is 19.1. The highest BCUT2D eigenvalue weighted by Gasteiger charge is 2.33. The summed E-state index contributed by atoms with van der Waals surface area (Å²) in [6.45, 7) is 1.90. The van der Waals surface area contributed by atoms with Crippen LogP contribution in [0.25, 0.3) is 11.0 Å². The summed E-state index contributed by atoms with van der Waals surface area (Å²) in [7, 11) is 0. The molecule has 2 aromatic rings. The maximum Gasteiger partial charge on any atom is 0.290 e. The summed E-state index contributed by atoms with van der Waals surface area (Å²) >= 11 is 0. The maximum atomic E-state index is 13.1. The third-order valence-electron chi connectivity index (χ3n) is 3.22. The Balaban J connectivity index is 2.02. The number of aryl methyl sites for hydroxylation is 1. The molecule has 1 aliphatic rings. The fourth-order valence-electron chi connectivity index (χ4n) is 2.13. The Morgan fingerprint density at radius 3 is 2.83 bits per heavy atom. The van der Waals surface area contributed by atoms with Crippen molar-refractivity contribution in [3.63, 3.8) is 0 Å². The molecular formula is C13H11F2NO2. The van der Waals surface area contributed by atoms with E-state index >= 15 is 0 Å². The smallest absolute Gasteiger partial charge is 0.290 e. The van der Waals surface area contributed by atoms with Crippen LogP contribution in [0.3, 0.4) is 0 Å². The minimum absolute atomic E-state index is 0.101. The van der Waals surface area contributed by atoms with Crippen LogP contribution in [0.1, 0.15) is 16.1 Å². The standard InChI is InChI=1S/C13H11F2NO2/c1-7-10-4-8(14)2-3-11(10)18-12(7)13(17)16-5-9(15)6-16/h2-4,9H,5-6H2,1H3.